The average molecular weight is 570 g/mol. The smallest absolute Gasteiger partial charge is 0.338 e. The van der Waals surface area contributed by atoms with Crippen LogP contribution in [0.5, 0.6) is 11.5 Å². The predicted octanol–water partition coefficient (Wildman–Crippen LogP) is 3.10. The molecule has 0 saturated heterocycles. The van der Waals surface area contributed by atoms with Gasteiger partial charge in [0.25, 0.3) is 11.5 Å². The number of nitrogens with two attached hydrogens (primary N) is 1. The summed E-state index contributed by atoms with van der Waals surface area (Å²) in [6.07, 6.45) is 1.35. The van der Waals surface area contributed by atoms with E-state index < -0.39 is 17.9 Å². The standard InChI is InChI=1S/C28H28ClN3O6S/c1-5-36-21-12-17(10-11-20(21)37-14-23(30)33)13-22-26(34)32-25(18-8-6-7-9-19(18)29)24(27(35)38-15(2)3)16(4)31-28(32)39-22/h6-13,15,25H,5,14H2,1-4H3,(H2,30,33). The Labute approximate surface area is 233 Å². The SMILES string of the molecule is CCOc1cc(C=c2sc3n(c2=O)C(c2ccccc2Cl)C(C(=O)OC(C)C)=C(C)N=3)ccc1OCC(N)=O. The Morgan fingerprint density at radius 3 is 2.59 bits per heavy atom. The van der Waals surface area contributed by atoms with Gasteiger partial charge in [-0.3, -0.25) is 14.2 Å². The maximum atomic E-state index is 13.8. The Bertz CT molecular complexity index is 1640. The van der Waals surface area contributed by atoms with Crippen LogP contribution in [-0.4, -0.2) is 35.8 Å². The van der Waals surface area contributed by atoms with Crippen LogP contribution in [0.15, 0.2) is 63.5 Å². The molecule has 4 rings (SSSR count). The zero-order chi connectivity index (χ0) is 28.3. The highest BCUT2D eigenvalue weighted by atomic mass is 35.5. The molecule has 1 aromatic heterocycles. The number of hydrogen-bond acceptors (Lipinski definition) is 8. The van der Waals surface area contributed by atoms with E-state index in [0.717, 1.165) is 0 Å². The van der Waals surface area contributed by atoms with Crippen LogP contribution in [-0.2, 0) is 14.3 Å². The highest BCUT2D eigenvalue weighted by Crippen LogP contribution is 2.34. The highest BCUT2D eigenvalue weighted by Gasteiger charge is 2.34. The van der Waals surface area contributed by atoms with E-state index in [0.29, 0.717) is 49.3 Å². The molecule has 1 unspecified atom stereocenters. The normalized spacial score (nSPS) is 15.1. The van der Waals surface area contributed by atoms with Crippen LogP contribution in [0.2, 0.25) is 5.02 Å². The quantitative estimate of drug-likeness (QED) is 0.395. The number of carbonyl (C=O) groups excluding carboxylic acids is 2. The lowest BCUT2D eigenvalue weighted by Crippen LogP contribution is -2.40. The van der Waals surface area contributed by atoms with E-state index in [-0.39, 0.29) is 23.8 Å². The first-order valence-electron chi connectivity index (χ1n) is 12.3. The molecule has 204 valence electrons. The van der Waals surface area contributed by atoms with E-state index in [4.69, 9.17) is 31.5 Å². The molecule has 11 heteroatoms. The fourth-order valence-corrected chi connectivity index (χ4v) is 5.44. The summed E-state index contributed by atoms with van der Waals surface area (Å²) in [5.41, 5.74) is 6.82. The number of hydrogen-bond donors (Lipinski definition) is 1. The maximum absolute atomic E-state index is 13.8. The van der Waals surface area contributed by atoms with E-state index in [1.165, 1.54) is 15.9 Å². The van der Waals surface area contributed by atoms with Crippen LogP contribution in [0.1, 0.15) is 44.9 Å². The van der Waals surface area contributed by atoms with Gasteiger partial charge in [-0.15, -0.1) is 0 Å². The lowest BCUT2D eigenvalue weighted by atomic mass is 9.96. The van der Waals surface area contributed by atoms with Gasteiger partial charge in [0.1, 0.15) is 6.04 Å². The van der Waals surface area contributed by atoms with Crippen molar-refractivity contribution < 1.29 is 23.8 Å². The molecule has 0 spiro atoms. The van der Waals surface area contributed by atoms with Gasteiger partial charge >= 0.3 is 5.97 Å². The molecule has 0 radical (unpaired) electrons. The number of esters is 1. The molecule has 3 aromatic rings. The van der Waals surface area contributed by atoms with Crippen molar-refractivity contribution in [1.29, 1.82) is 0 Å². The number of benzene rings is 2. The van der Waals surface area contributed by atoms with Crippen molar-refractivity contribution in [2.45, 2.75) is 39.8 Å². The molecule has 1 amide bonds. The molecule has 0 bridgehead atoms. The second-order valence-corrected chi connectivity index (χ2v) is 10.4. The number of amides is 1. The van der Waals surface area contributed by atoms with Gasteiger partial charge in [-0.1, -0.05) is 47.2 Å². The van der Waals surface area contributed by atoms with Gasteiger partial charge < -0.3 is 19.9 Å². The molecule has 0 aliphatic carbocycles. The second-order valence-electron chi connectivity index (χ2n) is 8.95. The molecule has 1 atom stereocenters. The van der Waals surface area contributed by atoms with Crippen molar-refractivity contribution in [3.05, 3.63) is 89.6 Å². The van der Waals surface area contributed by atoms with Crippen molar-refractivity contribution in [2.75, 3.05) is 13.2 Å². The Balaban J connectivity index is 1.87. The van der Waals surface area contributed by atoms with Crippen LogP contribution in [0.3, 0.4) is 0 Å². The number of rotatable bonds is 9. The summed E-state index contributed by atoms with van der Waals surface area (Å²) in [7, 11) is 0. The highest BCUT2D eigenvalue weighted by molar-refractivity contribution is 7.07. The summed E-state index contributed by atoms with van der Waals surface area (Å²) in [6.45, 7) is 7.13. The minimum Gasteiger partial charge on any atom is -0.490 e. The molecule has 2 aromatic carbocycles. The number of halogens is 1. The number of primary amides is 1. The van der Waals surface area contributed by atoms with Gasteiger partial charge in [0.15, 0.2) is 22.9 Å². The number of carbonyl (C=O) groups is 2. The van der Waals surface area contributed by atoms with Gasteiger partial charge in [0.05, 0.1) is 28.5 Å². The number of allylic oxidation sites excluding steroid dienone is 1. The van der Waals surface area contributed by atoms with Crippen LogP contribution in [0, 0.1) is 0 Å². The Morgan fingerprint density at radius 1 is 1.18 bits per heavy atom. The molecular formula is C28H28ClN3O6S. The minimum atomic E-state index is -0.813. The third-order valence-corrected chi connectivity index (χ3v) is 7.05. The summed E-state index contributed by atoms with van der Waals surface area (Å²) in [5, 5.41) is 0.412. The van der Waals surface area contributed by atoms with Gasteiger partial charge in [-0.25, -0.2) is 9.79 Å². The van der Waals surface area contributed by atoms with Crippen LogP contribution in [0.4, 0.5) is 0 Å². The van der Waals surface area contributed by atoms with E-state index in [1.54, 1.807) is 69.3 Å². The summed E-state index contributed by atoms with van der Waals surface area (Å²) in [5.74, 6) is -0.401. The molecule has 1 aliphatic heterocycles. The van der Waals surface area contributed by atoms with E-state index in [9.17, 15) is 14.4 Å². The van der Waals surface area contributed by atoms with Gasteiger partial charge in [-0.2, -0.15) is 0 Å². The fraction of sp³-hybridized carbons (Fsp3) is 0.286. The zero-order valence-electron chi connectivity index (χ0n) is 21.9. The van der Waals surface area contributed by atoms with Gasteiger partial charge in [0, 0.05) is 5.02 Å². The average Bonchev–Trinajstić information content (AvgIpc) is 3.17. The number of ether oxygens (including phenoxy) is 3. The summed E-state index contributed by atoms with van der Waals surface area (Å²) in [6, 6.07) is 11.4. The molecular weight excluding hydrogens is 542 g/mol. The van der Waals surface area contributed by atoms with E-state index in [1.807, 2.05) is 6.92 Å². The summed E-state index contributed by atoms with van der Waals surface area (Å²) in [4.78, 5) is 43.2. The zero-order valence-corrected chi connectivity index (χ0v) is 23.5. The Morgan fingerprint density at radius 2 is 1.92 bits per heavy atom. The first kappa shape index (κ1) is 28.1. The number of aromatic nitrogens is 1. The van der Waals surface area contributed by atoms with E-state index >= 15 is 0 Å². The largest absolute Gasteiger partial charge is 0.490 e. The fourth-order valence-electron chi connectivity index (χ4n) is 4.15. The van der Waals surface area contributed by atoms with Crippen molar-refractivity contribution in [3.8, 4) is 11.5 Å². The van der Waals surface area contributed by atoms with Crippen molar-refractivity contribution in [3.63, 3.8) is 0 Å². The lowest BCUT2D eigenvalue weighted by Gasteiger charge is -2.26. The predicted molar refractivity (Wildman–Crippen MR) is 149 cm³/mol. The van der Waals surface area contributed by atoms with Crippen molar-refractivity contribution in [1.82, 2.24) is 4.57 Å². The topological polar surface area (TPSA) is 122 Å². The maximum Gasteiger partial charge on any atom is 0.338 e. The van der Waals surface area contributed by atoms with Crippen LogP contribution < -0.4 is 30.1 Å². The van der Waals surface area contributed by atoms with Gasteiger partial charge in [-0.05, 0) is 63.1 Å². The third-order valence-electron chi connectivity index (χ3n) is 5.72. The second kappa shape index (κ2) is 11.9. The summed E-state index contributed by atoms with van der Waals surface area (Å²) >= 11 is 7.76. The number of thiazole rings is 1. The van der Waals surface area contributed by atoms with Crippen molar-refractivity contribution in [2.24, 2.45) is 10.7 Å². The Kier molecular flexibility index (Phi) is 8.57. The monoisotopic (exact) mass is 569 g/mol. The summed E-state index contributed by atoms with van der Waals surface area (Å²) < 4.78 is 18.5. The van der Waals surface area contributed by atoms with Gasteiger partial charge in [0.2, 0.25) is 0 Å². The lowest BCUT2D eigenvalue weighted by molar-refractivity contribution is -0.143. The molecule has 0 fully saturated rings. The molecule has 0 saturated carbocycles. The molecule has 9 nitrogen and oxygen atoms in total. The molecule has 2 heterocycles. The van der Waals surface area contributed by atoms with Crippen LogP contribution in [0.25, 0.3) is 6.08 Å². The molecule has 2 N–H and O–H groups in total. The third kappa shape index (κ3) is 6.07. The van der Waals surface area contributed by atoms with E-state index in [2.05, 4.69) is 4.99 Å². The number of nitrogens with zero attached hydrogens (tertiary/aromatic N) is 2. The Hall–Kier alpha value is -3.89. The first-order chi connectivity index (χ1) is 18.6. The molecule has 1 aliphatic rings. The molecule has 39 heavy (non-hydrogen) atoms. The van der Waals surface area contributed by atoms with Crippen LogP contribution >= 0.6 is 22.9 Å². The number of fused-ring (bicyclic) bond motifs is 1. The first-order valence-corrected chi connectivity index (χ1v) is 13.5. The minimum absolute atomic E-state index is 0.255. The van der Waals surface area contributed by atoms with Crippen molar-refractivity contribution >= 4 is 40.9 Å².